The molecule has 4 nitrogen and oxygen atoms in total. The summed E-state index contributed by atoms with van der Waals surface area (Å²) in [5.41, 5.74) is 4.01. The van der Waals surface area contributed by atoms with Crippen LogP contribution in [0.4, 0.5) is 0 Å². The van der Waals surface area contributed by atoms with E-state index in [2.05, 4.69) is 25.8 Å². The second kappa shape index (κ2) is 8.20. The fourth-order valence-corrected chi connectivity index (χ4v) is 2.56. The van der Waals surface area contributed by atoms with E-state index in [0.717, 1.165) is 36.2 Å². The second-order valence-corrected chi connectivity index (χ2v) is 5.48. The minimum absolute atomic E-state index is 0. The van der Waals surface area contributed by atoms with Crippen LogP contribution in [0.3, 0.4) is 0 Å². The highest BCUT2D eigenvalue weighted by Crippen LogP contribution is 2.22. The van der Waals surface area contributed by atoms with Crippen molar-refractivity contribution in [3.8, 4) is 0 Å². The molecule has 0 amide bonds. The summed E-state index contributed by atoms with van der Waals surface area (Å²) >= 11 is 0. The highest BCUT2D eigenvalue weighted by Gasteiger charge is 2.12. The number of aryl methyl sites for hydroxylation is 2. The third-order valence-electron chi connectivity index (χ3n) is 4.23. The number of quaternary nitrogens is 1. The number of hydrogen-bond acceptors (Lipinski definition) is 2. The Bertz CT molecular complexity index is 633. The summed E-state index contributed by atoms with van der Waals surface area (Å²) in [7, 11) is 0. The van der Waals surface area contributed by atoms with Crippen molar-refractivity contribution in [3.05, 3.63) is 35.0 Å². The molecule has 0 aliphatic rings. The zero-order chi connectivity index (χ0) is 15.4. The number of carbonyl (C=O) groups excluding carboxylic acids is 1. The van der Waals surface area contributed by atoms with Gasteiger partial charge in [-0.1, -0.05) is 0 Å². The second-order valence-electron chi connectivity index (χ2n) is 5.48. The molecule has 0 radical (unpaired) electrons. The number of aromatic nitrogens is 1. The number of carbonyl (C=O) groups is 1. The summed E-state index contributed by atoms with van der Waals surface area (Å²) in [5.74, 6) is -0.235. The number of fused-ring (bicyclic) bond motifs is 1. The van der Waals surface area contributed by atoms with Crippen LogP contribution in [-0.2, 0) is 4.74 Å². The first-order valence-corrected chi connectivity index (χ1v) is 7.66. The molecule has 2 N–H and O–H groups in total. The molecule has 0 atom stereocenters. The van der Waals surface area contributed by atoms with Crippen LogP contribution in [0, 0.1) is 13.8 Å². The molecule has 0 saturated carbocycles. The lowest BCUT2D eigenvalue weighted by atomic mass is 10.1. The molecule has 1 heterocycles. The monoisotopic (exact) mass is 324 g/mol. The largest absolute Gasteiger partial charge is 1.00 e. The number of nitrogens with one attached hydrogen (secondary N) is 2. The minimum Gasteiger partial charge on any atom is -1.00 e. The van der Waals surface area contributed by atoms with Gasteiger partial charge in [0.2, 0.25) is 0 Å². The average Bonchev–Trinajstić information content (AvgIpc) is 2.78. The van der Waals surface area contributed by atoms with E-state index in [1.54, 1.807) is 0 Å². The highest BCUT2D eigenvalue weighted by molar-refractivity contribution is 5.96. The lowest BCUT2D eigenvalue weighted by Gasteiger charge is -2.15. The van der Waals surface area contributed by atoms with Gasteiger partial charge >= 0.3 is 5.97 Å². The van der Waals surface area contributed by atoms with Gasteiger partial charge in [0.15, 0.2) is 0 Å². The van der Waals surface area contributed by atoms with Crippen molar-refractivity contribution in [2.24, 2.45) is 0 Å². The van der Waals surface area contributed by atoms with Crippen molar-refractivity contribution in [1.29, 1.82) is 0 Å². The minimum atomic E-state index is -0.235. The molecule has 0 fully saturated rings. The average molecular weight is 325 g/mol. The lowest BCUT2D eigenvalue weighted by molar-refractivity contribution is -0.896. The van der Waals surface area contributed by atoms with Gasteiger partial charge in [-0.25, -0.2) is 4.79 Å². The zero-order valence-corrected chi connectivity index (χ0v) is 14.5. The Morgan fingerprint density at radius 2 is 1.91 bits per heavy atom. The van der Waals surface area contributed by atoms with E-state index >= 15 is 0 Å². The van der Waals surface area contributed by atoms with Gasteiger partial charge in [0.05, 0.1) is 18.7 Å². The Morgan fingerprint density at radius 3 is 2.55 bits per heavy atom. The molecule has 2 rings (SSSR count). The standard InChI is InChI=1S/C17H24N2O2.ClH/c1-5-19(6-2)9-10-21-17(20)14-7-8-16-15(11-14)12(3)13(4)18-16;/h7-8,11,18H,5-6,9-10H2,1-4H3;1H. The van der Waals surface area contributed by atoms with Crippen LogP contribution in [0.15, 0.2) is 18.2 Å². The number of rotatable bonds is 6. The van der Waals surface area contributed by atoms with Crippen molar-refractivity contribution in [2.75, 3.05) is 26.2 Å². The summed E-state index contributed by atoms with van der Waals surface area (Å²) in [5, 5.41) is 1.09. The predicted octanol–water partition coefficient (Wildman–Crippen LogP) is -1.13. The third kappa shape index (κ3) is 4.02. The fraction of sp³-hybridized carbons (Fsp3) is 0.471. The molecule has 1 aromatic heterocycles. The van der Waals surface area contributed by atoms with Gasteiger partial charge < -0.3 is 27.0 Å². The number of hydrogen-bond donors (Lipinski definition) is 2. The molecule has 0 bridgehead atoms. The summed E-state index contributed by atoms with van der Waals surface area (Å²) < 4.78 is 5.39. The van der Waals surface area contributed by atoms with E-state index in [4.69, 9.17) is 4.74 Å². The molecule has 122 valence electrons. The Hall–Kier alpha value is -1.52. The molecule has 2 aromatic rings. The van der Waals surface area contributed by atoms with E-state index in [-0.39, 0.29) is 18.4 Å². The molecule has 1 aromatic carbocycles. The quantitative estimate of drug-likeness (QED) is 0.661. The van der Waals surface area contributed by atoms with E-state index in [0.29, 0.717) is 12.2 Å². The van der Waals surface area contributed by atoms with E-state index in [1.807, 2.05) is 25.1 Å². The van der Waals surface area contributed by atoms with E-state index in [9.17, 15) is 4.79 Å². The molecule has 0 aliphatic heterocycles. The van der Waals surface area contributed by atoms with Crippen LogP contribution in [0.1, 0.15) is 35.5 Å². The number of ether oxygens (including phenoxy) is 1. The lowest BCUT2D eigenvalue weighted by Crippen LogP contribution is -3.11. The van der Waals surface area contributed by atoms with Crippen molar-refractivity contribution in [2.45, 2.75) is 27.7 Å². The highest BCUT2D eigenvalue weighted by atomic mass is 35.5. The van der Waals surface area contributed by atoms with Crippen LogP contribution >= 0.6 is 0 Å². The summed E-state index contributed by atoms with van der Waals surface area (Å²) in [6, 6.07) is 5.69. The molecule has 5 heteroatoms. The summed E-state index contributed by atoms with van der Waals surface area (Å²) in [4.78, 5) is 16.9. The van der Waals surface area contributed by atoms with Gasteiger partial charge in [-0.05, 0) is 51.5 Å². The Kier molecular flexibility index (Phi) is 6.91. The number of aromatic amines is 1. The van der Waals surface area contributed by atoms with Gasteiger partial charge in [0.1, 0.15) is 13.2 Å². The van der Waals surface area contributed by atoms with Crippen LogP contribution in [-0.4, -0.2) is 37.2 Å². The smallest absolute Gasteiger partial charge is 0.338 e. The number of likely N-dealkylation sites (N-methyl/N-ethyl adjacent to an activating group) is 1. The molecule has 22 heavy (non-hydrogen) atoms. The first kappa shape index (κ1) is 18.5. The SMILES string of the molecule is CC[NH+](CC)CCOC(=O)c1ccc2[nH]c(C)c(C)c2c1.[Cl-]. The predicted molar refractivity (Wildman–Crippen MR) is 85.0 cm³/mol. The van der Waals surface area contributed by atoms with Crippen LogP contribution in [0.5, 0.6) is 0 Å². The van der Waals surface area contributed by atoms with Gasteiger partial charge in [-0.15, -0.1) is 0 Å². The van der Waals surface area contributed by atoms with E-state index in [1.165, 1.54) is 10.5 Å². The first-order chi connectivity index (χ1) is 10.1. The molecular formula is C17H25ClN2O2. The molecule has 0 saturated heterocycles. The number of benzene rings is 1. The fourth-order valence-electron chi connectivity index (χ4n) is 2.56. The Morgan fingerprint density at radius 1 is 1.23 bits per heavy atom. The van der Waals surface area contributed by atoms with Crippen LogP contribution < -0.4 is 17.3 Å². The number of esters is 1. The Labute approximate surface area is 138 Å². The van der Waals surface area contributed by atoms with Crippen LogP contribution in [0.25, 0.3) is 10.9 Å². The zero-order valence-electron chi connectivity index (χ0n) is 13.8. The first-order valence-electron chi connectivity index (χ1n) is 7.66. The maximum Gasteiger partial charge on any atom is 0.338 e. The van der Waals surface area contributed by atoms with Crippen molar-refractivity contribution >= 4 is 16.9 Å². The molecular weight excluding hydrogens is 300 g/mol. The maximum atomic E-state index is 12.1. The topological polar surface area (TPSA) is 46.5 Å². The summed E-state index contributed by atoms with van der Waals surface area (Å²) in [6.45, 7) is 11.8. The number of H-pyrrole nitrogens is 1. The number of halogens is 1. The summed E-state index contributed by atoms with van der Waals surface area (Å²) in [6.07, 6.45) is 0. The van der Waals surface area contributed by atoms with Gasteiger partial charge in [-0.3, -0.25) is 0 Å². The Balaban J connectivity index is 0.00000242. The van der Waals surface area contributed by atoms with Crippen LogP contribution in [0.2, 0.25) is 0 Å². The normalized spacial score (nSPS) is 10.8. The van der Waals surface area contributed by atoms with Gasteiger partial charge in [0, 0.05) is 16.6 Å². The molecule has 0 unspecified atom stereocenters. The van der Waals surface area contributed by atoms with E-state index < -0.39 is 0 Å². The molecule has 0 aliphatic carbocycles. The van der Waals surface area contributed by atoms with Gasteiger partial charge in [0.25, 0.3) is 0 Å². The third-order valence-corrected chi connectivity index (χ3v) is 4.23. The molecule has 0 spiro atoms. The maximum absolute atomic E-state index is 12.1. The van der Waals surface area contributed by atoms with Gasteiger partial charge in [-0.2, -0.15) is 0 Å². The van der Waals surface area contributed by atoms with Crippen molar-refractivity contribution in [3.63, 3.8) is 0 Å². The van der Waals surface area contributed by atoms with Crippen molar-refractivity contribution in [1.82, 2.24) is 4.98 Å². The van der Waals surface area contributed by atoms with Crippen molar-refractivity contribution < 1.29 is 26.8 Å².